The zero-order chi connectivity index (χ0) is 18.6. The van der Waals surface area contributed by atoms with Crippen LogP contribution < -0.4 is 0 Å². The van der Waals surface area contributed by atoms with Gasteiger partial charge in [-0.3, -0.25) is 4.79 Å². The van der Waals surface area contributed by atoms with Gasteiger partial charge in [0.2, 0.25) is 0 Å². The Labute approximate surface area is 142 Å². The smallest absolute Gasteiger partial charge is 0.418 e. The van der Waals surface area contributed by atoms with E-state index >= 15 is 0 Å². The summed E-state index contributed by atoms with van der Waals surface area (Å²) in [7, 11) is 0. The van der Waals surface area contributed by atoms with Gasteiger partial charge in [0.25, 0.3) is 5.91 Å². The summed E-state index contributed by atoms with van der Waals surface area (Å²) in [4.78, 5) is 25.3. The summed E-state index contributed by atoms with van der Waals surface area (Å²) in [5.74, 6) is -1.01. The van der Waals surface area contributed by atoms with Crippen LogP contribution in [0.1, 0.15) is 42.7 Å². The monoisotopic (exact) mass is 351 g/mol. The van der Waals surface area contributed by atoms with Gasteiger partial charge in [-0.25, -0.2) is 9.69 Å². The van der Waals surface area contributed by atoms with Crippen LogP contribution in [0, 0.1) is 0 Å². The number of imide groups is 1. The average molecular weight is 351 g/mol. The van der Waals surface area contributed by atoms with Gasteiger partial charge in [-0.15, -0.1) is 0 Å². The van der Waals surface area contributed by atoms with E-state index in [-0.39, 0.29) is 21.4 Å². The molecule has 0 saturated carbocycles. The Hall–Kier alpha value is -2.57. The maximum absolute atomic E-state index is 13.8. The van der Waals surface area contributed by atoms with Crippen molar-refractivity contribution < 1.29 is 27.5 Å². The van der Waals surface area contributed by atoms with E-state index < -0.39 is 29.8 Å². The highest BCUT2D eigenvalue weighted by atomic mass is 19.4. The number of amides is 2. The zero-order valence-electron chi connectivity index (χ0n) is 13.8. The number of rotatable bonds is 0. The molecule has 1 aliphatic rings. The molecule has 0 spiro atoms. The van der Waals surface area contributed by atoms with Crippen molar-refractivity contribution >= 4 is 22.8 Å². The first-order valence-electron chi connectivity index (χ1n) is 7.65. The Bertz CT molecular complexity index is 863. The molecule has 0 aromatic heterocycles. The van der Waals surface area contributed by atoms with Gasteiger partial charge in [-0.1, -0.05) is 30.3 Å². The van der Waals surface area contributed by atoms with E-state index in [9.17, 15) is 22.8 Å². The van der Waals surface area contributed by atoms with Gasteiger partial charge in [0, 0.05) is 10.9 Å². The summed E-state index contributed by atoms with van der Waals surface area (Å²) >= 11 is 0. The second-order valence-corrected chi connectivity index (χ2v) is 6.85. The molecule has 3 rings (SSSR count). The highest BCUT2D eigenvalue weighted by Crippen LogP contribution is 2.45. The molecule has 2 aromatic carbocycles. The molecule has 4 nitrogen and oxygen atoms in total. The Morgan fingerprint density at radius 3 is 2.24 bits per heavy atom. The minimum absolute atomic E-state index is 0.0551. The quantitative estimate of drug-likeness (QED) is 0.683. The van der Waals surface area contributed by atoms with Gasteiger partial charge in [-0.2, -0.15) is 13.2 Å². The van der Waals surface area contributed by atoms with Crippen LogP contribution in [0.25, 0.3) is 10.8 Å². The SMILES string of the molecule is CC(C)(C)OC(=O)N1C(=O)c2cccc3cccc(c23)[C@H]1C(F)(F)F. The molecule has 0 N–H and O–H groups in total. The first-order valence-corrected chi connectivity index (χ1v) is 7.65. The number of ether oxygens (including phenoxy) is 1. The lowest BCUT2D eigenvalue weighted by Crippen LogP contribution is -2.49. The average Bonchev–Trinajstić information content (AvgIpc) is 2.47. The molecule has 0 bridgehead atoms. The van der Waals surface area contributed by atoms with Crippen molar-refractivity contribution in [2.45, 2.75) is 38.6 Å². The molecular weight excluding hydrogens is 335 g/mol. The number of alkyl halides is 3. The van der Waals surface area contributed by atoms with Crippen LogP contribution in [0.2, 0.25) is 0 Å². The number of halogens is 3. The highest BCUT2D eigenvalue weighted by molar-refractivity contribution is 6.14. The molecule has 1 aliphatic heterocycles. The Morgan fingerprint density at radius 1 is 1.08 bits per heavy atom. The fourth-order valence-electron chi connectivity index (χ4n) is 2.98. The molecular formula is C18H16F3NO3. The van der Waals surface area contributed by atoms with Crippen LogP contribution in [0.4, 0.5) is 18.0 Å². The van der Waals surface area contributed by atoms with Crippen molar-refractivity contribution in [3.8, 4) is 0 Å². The van der Waals surface area contributed by atoms with Gasteiger partial charge in [0.1, 0.15) is 5.60 Å². The number of hydrogen-bond acceptors (Lipinski definition) is 3. The van der Waals surface area contributed by atoms with E-state index in [0.29, 0.717) is 5.39 Å². The van der Waals surface area contributed by atoms with E-state index in [1.165, 1.54) is 39.0 Å². The minimum atomic E-state index is -4.83. The van der Waals surface area contributed by atoms with Crippen molar-refractivity contribution in [2.24, 2.45) is 0 Å². The molecule has 2 amide bonds. The summed E-state index contributed by atoms with van der Waals surface area (Å²) in [6.45, 7) is 4.57. The normalized spacial score (nSPS) is 17.8. The van der Waals surface area contributed by atoms with Gasteiger partial charge < -0.3 is 4.74 Å². The lowest BCUT2D eigenvalue weighted by molar-refractivity contribution is -0.177. The van der Waals surface area contributed by atoms with E-state index in [0.717, 1.165) is 0 Å². The maximum atomic E-state index is 13.8. The first-order chi connectivity index (χ1) is 11.5. The van der Waals surface area contributed by atoms with Crippen molar-refractivity contribution in [1.29, 1.82) is 0 Å². The van der Waals surface area contributed by atoms with E-state index in [4.69, 9.17) is 4.74 Å². The van der Waals surface area contributed by atoms with Crippen LogP contribution in [-0.2, 0) is 4.74 Å². The number of hydrogen-bond donors (Lipinski definition) is 0. The number of benzene rings is 2. The largest absolute Gasteiger partial charge is 0.443 e. The van der Waals surface area contributed by atoms with Crippen LogP contribution in [-0.4, -0.2) is 28.7 Å². The standard InChI is InChI=1S/C18H16F3NO3/c1-17(2,3)25-16(24)22-14(18(19,20)21)11-8-4-6-10-7-5-9-12(13(10)11)15(22)23/h4-9,14H,1-3H3/t14-/m0/s1. The third kappa shape index (κ3) is 2.94. The topological polar surface area (TPSA) is 46.6 Å². The van der Waals surface area contributed by atoms with Crippen molar-refractivity contribution in [3.05, 3.63) is 47.5 Å². The van der Waals surface area contributed by atoms with E-state index in [2.05, 4.69) is 0 Å². The third-order valence-electron chi connectivity index (χ3n) is 3.84. The molecule has 1 heterocycles. The molecule has 7 heteroatoms. The van der Waals surface area contributed by atoms with Crippen molar-refractivity contribution in [3.63, 3.8) is 0 Å². The highest BCUT2D eigenvalue weighted by Gasteiger charge is 2.53. The maximum Gasteiger partial charge on any atom is 0.418 e. The van der Waals surface area contributed by atoms with Gasteiger partial charge in [0.05, 0.1) is 0 Å². The van der Waals surface area contributed by atoms with Gasteiger partial charge in [-0.05, 0) is 37.8 Å². The van der Waals surface area contributed by atoms with Crippen LogP contribution in [0.3, 0.4) is 0 Å². The predicted molar refractivity (Wildman–Crippen MR) is 85.1 cm³/mol. The molecule has 2 aromatic rings. The van der Waals surface area contributed by atoms with Crippen LogP contribution in [0.15, 0.2) is 36.4 Å². The minimum Gasteiger partial charge on any atom is -0.443 e. The summed E-state index contributed by atoms with van der Waals surface area (Å²) in [5, 5.41) is 0.735. The Kier molecular flexibility index (Phi) is 3.78. The molecule has 0 aliphatic carbocycles. The fourth-order valence-corrected chi connectivity index (χ4v) is 2.98. The van der Waals surface area contributed by atoms with Crippen molar-refractivity contribution in [1.82, 2.24) is 4.90 Å². The molecule has 132 valence electrons. The molecule has 0 radical (unpaired) electrons. The van der Waals surface area contributed by atoms with Crippen molar-refractivity contribution in [2.75, 3.05) is 0 Å². The summed E-state index contributed by atoms with van der Waals surface area (Å²) in [5.41, 5.74) is -1.11. The molecule has 0 saturated heterocycles. The fraction of sp³-hybridized carbons (Fsp3) is 0.333. The second-order valence-electron chi connectivity index (χ2n) is 6.85. The van der Waals surface area contributed by atoms with E-state index in [1.54, 1.807) is 18.2 Å². The van der Waals surface area contributed by atoms with Crippen LogP contribution >= 0.6 is 0 Å². The number of nitrogens with zero attached hydrogens (tertiary/aromatic N) is 1. The van der Waals surface area contributed by atoms with Gasteiger partial charge >= 0.3 is 12.3 Å². The predicted octanol–water partition coefficient (Wildman–Crippen LogP) is 4.83. The summed E-state index contributed by atoms with van der Waals surface area (Å²) in [6, 6.07) is 6.63. The third-order valence-corrected chi connectivity index (χ3v) is 3.84. The Morgan fingerprint density at radius 2 is 1.68 bits per heavy atom. The first kappa shape index (κ1) is 17.3. The van der Waals surface area contributed by atoms with Crippen LogP contribution in [0.5, 0.6) is 0 Å². The molecule has 1 atom stereocenters. The number of carbonyl (C=O) groups excluding carboxylic acids is 2. The lowest BCUT2D eigenvalue weighted by Gasteiger charge is -2.37. The molecule has 25 heavy (non-hydrogen) atoms. The second kappa shape index (κ2) is 5.47. The zero-order valence-corrected chi connectivity index (χ0v) is 13.8. The molecule has 0 unspecified atom stereocenters. The summed E-state index contributed by atoms with van der Waals surface area (Å²) < 4.78 is 46.4. The van der Waals surface area contributed by atoms with E-state index in [1.807, 2.05) is 0 Å². The van der Waals surface area contributed by atoms with Gasteiger partial charge in [0.15, 0.2) is 6.04 Å². The Balaban J connectivity index is 2.24. The summed E-state index contributed by atoms with van der Waals surface area (Å²) in [6.07, 6.45) is -6.14. The number of carbonyl (C=O) groups is 2. The lowest BCUT2D eigenvalue weighted by atomic mass is 9.89. The molecule has 0 fully saturated rings.